The average molecular weight is 327 g/mol. The molecule has 2 fully saturated rings. The summed E-state index contributed by atoms with van der Waals surface area (Å²) >= 11 is 0. The second-order valence-corrected chi connectivity index (χ2v) is 6.95. The normalized spacial score (nSPS) is 24.5. The zero-order valence-corrected chi connectivity index (χ0v) is 14.3. The van der Waals surface area contributed by atoms with Crippen molar-refractivity contribution in [1.29, 1.82) is 0 Å². The van der Waals surface area contributed by atoms with Gasteiger partial charge in [0.05, 0.1) is 13.7 Å². The van der Waals surface area contributed by atoms with Crippen molar-refractivity contribution in [3.05, 3.63) is 30.2 Å². The Kier molecular flexibility index (Phi) is 4.52. The van der Waals surface area contributed by atoms with Crippen molar-refractivity contribution >= 4 is 0 Å². The van der Waals surface area contributed by atoms with Crippen LogP contribution in [-0.4, -0.2) is 34.8 Å². The number of rotatable bonds is 4. The maximum Gasteiger partial charge on any atom is 0.247 e. The van der Waals surface area contributed by atoms with Gasteiger partial charge in [0.25, 0.3) is 0 Å². The summed E-state index contributed by atoms with van der Waals surface area (Å²) in [5.74, 6) is 3.02. The molecule has 2 heterocycles. The highest BCUT2D eigenvalue weighted by molar-refractivity contribution is 5.53. The van der Waals surface area contributed by atoms with Crippen LogP contribution >= 0.6 is 0 Å². The third-order valence-corrected chi connectivity index (χ3v) is 5.50. The van der Waals surface area contributed by atoms with E-state index < -0.39 is 0 Å². The van der Waals surface area contributed by atoms with Crippen molar-refractivity contribution in [3.63, 3.8) is 0 Å². The Bertz CT molecular complexity index is 666. The predicted molar refractivity (Wildman–Crippen MR) is 91.7 cm³/mol. The molecule has 1 aliphatic carbocycles. The van der Waals surface area contributed by atoms with Gasteiger partial charge in [0.1, 0.15) is 5.75 Å². The number of hydrogen-bond donors (Lipinski definition) is 0. The molecule has 128 valence electrons. The minimum Gasteiger partial charge on any atom is -0.497 e. The van der Waals surface area contributed by atoms with E-state index in [2.05, 4.69) is 15.1 Å². The number of nitrogens with zero attached hydrogens (tertiary/aromatic N) is 3. The predicted octanol–water partition coefficient (Wildman–Crippen LogP) is 3.90. The molecule has 1 saturated heterocycles. The van der Waals surface area contributed by atoms with E-state index in [-0.39, 0.29) is 0 Å². The largest absolute Gasteiger partial charge is 0.497 e. The van der Waals surface area contributed by atoms with E-state index in [1.165, 1.54) is 38.5 Å². The molecule has 0 amide bonds. The molecule has 4 rings (SSSR count). The maximum atomic E-state index is 5.92. The smallest absolute Gasteiger partial charge is 0.247 e. The number of piperidine rings is 1. The first-order valence-corrected chi connectivity index (χ1v) is 9.04. The van der Waals surface area contributed by atoms with Crippen LogP contribution < -0.4 is 4.74 Å². The van der Waals surface area contributed by atoms with Crippen molar-refractivity contribution in [2.24, 2.45) is 5.92 Å². The van der Waals surface area contributed by atoms with Crippen LogP contribution in [0.4, 0.5) is 0 Å². The van der Waals surface area contributed by atoms with E-state index in [1.807, 2.05) is 24.3 Å². The fourth-order valence-corrected chi connectivity index (χ4v) is 4.27. The molecular formula is C19H25N3O2. The number of aromatic nitrogens is 2. The first kappa shape index (κ1) is 15.6. The number of benzene rings is 1. The lowest BCUT2D eigenvalue weighted by atomic mass is 9.78. The van der Waals surface area contributed by atoms with E-state index in [4.69, 9.17) is 9.15 Å². The summed E-state index contributed by atoms with van der Waals surface area (Å²) in [5, 5.41) is 8.50. The van der Waals surface area contributed by atoms with Crippen LogP contribution in [0.5, 0.6) is 5.75 Å². The summed E-state index contributed by atoms with van der Waals surface area (Å²) in [6.07, 6.45) is 8.16. The summed E-state index contributed by atoms with van der Waals surface area (Å²) in [7, 11) is 1.66. The molecule has 0 radical (unpaired) electrons. The lowest BCUT2D eigenvalue weighted by molar-refractivity contribution is 0.0483. The fourth-order valence-electron chi connectivity index (χ4n) is 4.27. The molecule has 24 heavy (non-hydrogen) atoms. The van der Waals surface area contributed by atoms with Gasteiger partial charge in [-0.25, -0.2) is 0 Å². The van der Waals surface area contributed by atoms with Gasteiger partial charge < -0.3 is 9.15 Å². The first-order valence-electron chi connectivity index (χ1n) is 9.04. The van der Waals surface area contributed by atoms with Crippen LogP contribution in [0.25, 0.3) is 11.5 Å². The Morgan fingerprint density at radius 3 is 2.71 bits per heavy atom. The Hall–Kier alpha value is -1.88. The van der Waals surface area contributed by atoms with Gasteiger partial charge in [0.2, 0.25) is 11.8 Å². The summed E-state index contributed by atoms with van der Waals surface area (Å²) in [6.45, 7) is 1.94. The van der Waals surface area contributed by atoms with Crippen LogP contribution in [0.1, 0.15) is 44.4 Å². The Morgan fingerprint density at radius 1 is 1.08 bits per heavy atom. The second kappa shape index (κ2) is 6.93. The minimum absolute atomic E-state index is 0.588. The van der Waals surface area contributed by atoms with Crippen molar-refractivity contribution in [3.8, 4) is 17.2 Å². The van der Waals surface area contributed by atoms with Crippen LogP contribution in [-0.2, 0) is 6.54 Å². The van der Waals surface area contributed by atoms with Gasteiger partial charge in [-0.2, -0.15) is 0 Å². The monoisotopic (exact) mass is 327 g/mol. The molecule has 0 bridgehead atoms. The molecule has 5 nitrogen and oxygen atoms in total. The molecule has 2 unspecified atom stereocenters. The molecule has 2 aliphatic rings. The van der Waals surface area contributed by atoms with Crippen molar-refractivity contribution < 1.29 is 9.15 Å². The van der Waals surface area contributed by atoms with E-state index >= 15 is 0 Å². The lowest BCUT2D eigenvalue weighted by Crippen LogP contribution is -2.46. The van der Waals surface area contributed by atoms with Gasteiger partial charge in [0.15, 0.2) is 0 Å². The molecule has 0 spiro atoms. The van der Waals surface area contributed by atoms with Gasteiger partial charge in [0, 0.05) is 11.6 Å². The molecule has 1 aliphatic heterocycles. The Morgan fingerprint density at radius 2 is 1.88 bits per heavy atom. The molecule has 1 aromatic carbocycles. The van der Waals surface area contributed by atoms with E-state index in [0.29, 0.717) is 11.9 Å². The zero-order chi connectivity index (χ0) is 16.4. The quantitative estimate of drug-likeness (QED) is 0.852. The third kappa shape index (κ3) is 3.18. The summed E-state index contributed by atoms with van der Waals surface area (Å²) in [5.41, 5.74) is 0.934. The molecule has 2 atom stereocenters. The molecule has 1 aromatic heterocycles. The molecule has 5 heteroatoms. The van der Waals surface area contributed by atoms with E-state index in [9.17, 15) is 0 Å². The van der Waals surface area contributed by atoms with Gasteiger partial charge in [-0.05, 0) is 62.4 Å². The molecule has 0 N–H and O–H groups in total. The topological polar surface area (TPSA) is 51.4 Å². The first-order chi connectivity index (χ1) is 11.8. The number of methoxy groups -OCH3 is 1. The third-order valence-electron chi connectivity index (χ3n) is 5.50. The zero-order valence-electron chi connectivity index (χ0n) is 14.3. The molecular weight excluding hydrogens is 302 g/mol. The average Bonchev–Trinajstić information content (AvgIpc) is 3.11. The van der Waals surface area contributed by atoms with Gasteiger partial charge >= 0.3 is 0 Å². The van der Waals surface area contributed by atoms with Crippen LogP contribution in [0, 0.1) is 5.92 Å². The van der Waals surface area contributed by atoms with Crippen LogP contribution in [0.3, 0.4) is 0 Å². The SMILES string of the molecule is COc1ccc(-c2nnc(CN3CCCC4CCCCC43)o2)cc1. The van der Waals surface area contributed by atoms with E-state index in [0.717, 1.165) is 36.2 Å². The molecule has 1 saturated carbocycles. The summed E-state index contributed by atoms with van der Waals surface area (Å²) < 4.78 is 11.1. The Balaban J connectivity index is 1.46. The van der Waals surface area contributed by atoms with Crippen LogP contribution in [0.2, 0.25) is 0 Å². The van der Waals surface area contributed by atoms with Gasteiger partial charge in [-0.3, -0.25) is 4.90 Å². The lowest BCUT2D eigenvalue weighted by Gasteiger charge is -2.43. The highest BCUT2D eigenvalue weighted by atomic mass is 16.5. The van der Waals surface area contributed by atoms with Crippen molar-refractivity contribution in [2.45, 2.75) is 51.1 Å². The number of hydrogen-bond acceptors (Lipinski definition) is 5. The fraction of sp³-hybridized carbons (Fsp3) is 0.579. The number of fused-ring (bicyclic) bond motifs is 1. The van der Waals surface area contributed by atoms with Crippen molar-refractivity contribution in [1.82, 2.24) is 15.1 Å². The van der Waals surface area contributed by atoms with Crippen LogP contribution in [0.15, 0.2) is 28.7 Å². The van der Waals surface area contributed by atoms with Crippen molar-refractivity contribution in [2.75, 3.05) is 13.7 Å². The molecule has 2 aromatic rings. The summed E-state index contributed by atoms with van der Waals surface area (Å²) in [6, 6.07) is 8.44. The summed E-state index contributed by atoms with van der Waals surface area (Å²) in [4.78, 5) is 2.57. The minimum atomic E-state index is 0.588. The number of ether oxygens (including phenoxy) is 1. The highest BCUT2D eigenvalue weighted by Crippen LogP contribution is 2.36. The van der Waals surface area contributed by atoms with Gasteiger partial charge in [-0.15, -0.1) is 10.2 Å². The van der Waals surface area contributed by atoms with E-state index in [1.54, 1.807) is 7.11 Å². The highest BCUT2D eigenvalue weighted by Gasteiger charge is 2.33. The van der Waals surface area contributed by atoms with Gasteiger partial charge in [-0.1, -0.05) is 12.8 Å². The number of likely N-dealkylation sites (tertiary alicyclic amines) is 1. The Labute approximate surface area is 143 Å². The second-order valence-electron chi connectivity index (χ2n) is 6.95. The maximum absolute atomic E-state index is 5.92. The standard InChI is InChI=1S/C19H25N3O2/c1-23-16-10-8-15(9-11-16)19-21-20-18(24-19)13-22-12-4-6-14-5-2-3-7-17(14)22/h8-11,14,17H,2-7,12-13H2,1H3.